The molecule has 0 unspecified atom stereocenters. The summed E-state index contributed by atoms with van der Waals surface area (Å²) in [6.45, 7) is -4.04. The minimum Gasteiger partial charge on any atom is -0.394 e. The number of aliphatic hydroxyl groups is 10. The molecule has 3 rings (SSSR count). The van der Waals surface area contributed by atoms with E-state index in [0.717, 1.165) is 0 Å². The van der Waals surface area contributed by atoms with Crippen molar-refractivity contribution < 1.29 is 96.9 Å². The summed E-state index contributed by atoms with van der Waals surface area (Å²) in [5.74, 6) is -2.68. The van der Waals surface area contributed by atoms with Gasteiger partial charge in [-0.05, 0) is 0 Å². The molecule has 21 heteroatoms. The molecule has 230 valence electrons. The Morgan fingerprint density at radius 2 is 1.23 bits per heavy atom. The normalized spacial score (nSPS) is 47.4. The van der Waals surface area contributed by atoms with Crippen LogP contribution in [0, 0.1) is 0 Å². The second-order valence-electron chi connectivity index (χ2n) is 8.92. The monoisotopic (exact) mass is 600 g/mol. The van der Waals surface area contributed by atoms with Crippen molar-refractivity contribution in [1.82, 2.24) is 0 Å². The number of ether oxygens (including phenoxy) is 5. The van der Waals surface area contributed by atoms with Gasteiger partial charge in [0.1, 0.15) is 67.6 Å². The Morgan fingerprint density at radius 3 is 1.74 bits per heavy atom. The highest BCUT2D eigenvalue weighted by Gasteiger charge is 2.62. The van der Waals surface area contributed by atoms with Crippen molar-refractivity contribution in [3.05, 3.63) is 0 Å². The van der Waals surface area contributed by atoms with E-state index in [-0.39, 0.29) is 0 Å². The molecule has 0 saturated carbocycles. The van der Waals surface area contributed by atoms with Gasteiger partial charge in [0.15, 0.2) is 18.7 Å². The molecule has 3 aliphatic heterocycles. The summed E-state index contributed by atoms with van der Waals surface area (Å²) in [6, 6.07) is 0. The maximum absolute atomic E-state index is 11.7. The first kappa shape index (κ1) is 32.7. The quantitative estimate of drug-likeness (QED) is 0.0774. The molecule has 0 aromatic carbocycles. The van der Waals surface area contributed by atoms with E-state index < -0.39 is 122 Å². The molecule has 0 aromatic heterocycles. The first-order valence-electron chi connectivity index (χ1n) is 11.4. The number of aliphatic hydroxyl groups excluding tert-OH is 10. The fourth-order valence-corrected chi connectivity index (χ4v) is 4.88. The largest absolute Gasteiger partial charge is 0.426 e. The predicted molar refractivity (Wildman–Crippen MR) is 113 cm³/mol. The van der Waals surface area contributed by atoms with E-state index in [2.05, 4.69) is 8.52 Å². The van der Waals surface area contributed by atoms with E-state index in [1.807, 2.05) is 0 Å². The van der Waals surface area contributed by atoms with Crippen LogP contribution in [0.1, 0.15) is 0 Å². The zero-order chi connectivity index (χ0) is 29.3. The Balaban J connectivity index is 1.96. The zero-order valence-electron chi connectivity index (χ0n) is 19.8. The Hall–Kier alpha value is -0.770. The summed E-state index contributed by atoms with van der Waals surface area (Å²) in [4.78, 5) is 0. The Morgan fingerprint density at radius 1 is 0.692 bits per heavy atom. The first-order valence-corrected chi connectivity index (χ1v) is 12.7. The molecule has 3 heterocycles. The summed E-state index contributed by atoms with van der Waals surface area (Å²) in [7, 11) is -5.27. The predicted octanol–water partition coefficient (Wildman–Crippen LogP) is -7.81. The molecule has 0 aromatic rings. The molecular weight excluding hydrogens is 568 g/mol. The Bertz CT molecular complexity index is 890. The first-order chi connectivity index (χ1) is 18.3. The Labute approximate surface area is 219 Å². The molecule has 0 bridgehead atoms. The van der Waals surface area contributed by atoms with Crippen LogP contribution in [-0.4, -0.2) is 177 Å². The van der Waals surface area contributed by atoms with Crippen LogP contribution in [0.2, 0.25) is 0 Å². The van der Waals surface area contributed by atoms with Crippen LogP contribution in [0.3, 0.4) is 0 Å². The van der Waals surface area contributed by atoms with Crippen molar-refractivity contribution in [2.24, 2.45) is 0 Å². The maximum atomic E-state index is 11.7. The number of hydrogen-bond acceptors (Lipinski definition) is 20. The summed E-state index contributed by atoms with van der Waals surface area (Å²) < 4.78 is 58.0. The third kappa shape index (κ3) is 6.51. The van der Waals surface area contributed by atoms with Crippen LogP contribution in [0.4, 0.5) is 0 Å². The maximum Gasteiger partial charge on any atom is 0.426 e. The molecule has 0 amide bonds. The van der Waals surface area contributed by atoms with Gasteiger partial charge >= 0.3 is 10.4 Å². The SMILES string of the molecule is O=S(=O)(OO)O[C@H]1[C@@H](O[C@]2(CO)O[C@H](CO)[C@@H](O)[C@@H]2O[C@H]2O[C@H](CO)[C@@H](O)[C@H](O)[C@H]2O)O[C@H](CO)[C@@H](O)[C@@H]1O. The smallest absolute Gasteiger partial charge is 0.394 e. The van der Waals surface area contributed by atoms with Crippen molar-refractivity contribution in [2.75, 3.05) is 26.4 Å². The fourth-order valence-electron chi connectivity index (χ4n) is 4.37. The van der Waals surface area contributed by atoms with Gasteiger partial charge in [0.25, 0.3) is 0 Å². The van der Waals surface area contributed by atoms with Gasteiger partial charge in [0.05, 0.1) is 19.8 Å². The molecular formula is C18H32O20S. The van der Waals surface area contributed by atoms with Crippen LogP contribution in [0.25, 0.3) is 0 Å². The van der Waals surface area contributed by atoms with Gasteiger partial charge in [-0.25, -0.2) is 9.44 Å². The average molecular weight is 601 g/mol. The molecule has 3 aliphatic rings. The van der Waals surface area contributed by atoms with Crippen LogP contribution in [-0.2, 0) is 42.6 Å². The molecule has 14 atom stereocenters. The third-order valence-corrected chi connectivity index (χ3v) is 7.11. The van der Waals surface area contributed by atoms with E-state index in [4.69, 9.17) is 28.9 Å². The van der Waals surface area contributed by atoms with Gasteiger partial charge in [0, 0.05) is 0 Å². The van der Waals surface area contributed by atoms with Gasteiger partial charge in [-0.15, -0.1) is 0 Å². The number of hydrogen-bond donors (Lipinski definition) is 11. The topological polar surface area (TPSA) is 321 Å². The average Bonchev–Trinajstić information content (AvgIpc) is 3.18. The van der Waals surface area contributed by atoms with E-state index >= 15 is 0 Å². The molecule has 11 N–H and O–H groups in total. The van der Waals surface area contributed by atoms with Crippen LogP contribution in [0.15, 0.2) is 0 Å². The van der Waals surface area contributed by atoms with Gasteiger partial charge in [-0.2, -0.15) is 8.42 Å². The van der Waals surface area contributed by atoms with Crippen molar-refractivity contribution in [2.45, 2.75) is 85.5 Å². The molecule has 3 saturated heterocycles. The van der Waals surface area contributed by atoms with Crippen LogP contribution in [0.5, 0.6) is 0 Å². The van der Waals surface area contributed by atoms with E-state index in [9.17, 15) is 59.5 Å². The minimum atomic E-state index is -5.27. The lowest BCUT2D eigenvalue weighted by atomic mass is 9.98. The van der Waals surface area contributed by atoms with E-state index in [1.165, 1.54) is 0 Å². The lowest BCUT2D eigenvalue weighted by Gasteiger charge is -2.46. The van der Waals surface area contributed by atoms with Crippen LogP contribution < -0.4 is 0 Å². The number of rotatable bonds is 11. The van der Waals surface area contributed by atoms with Crippen LogP contribution >= 0.6 is 0 Å². The van der Waals surface area contributed by atoms with E-state index in [0.29, 0.717) is 0 Å². The summed E-state index contributed by atoms with van der Waals surface area (Å²) in [6.07, 6.45) is -25.0. The third-order valence-electron chi connectivity index (χ3n) is 6.47. The van der Waals surface area contributed by atoms with Gasteiger partial charge in [-0.3, -0.25) is 0 Å². The molecule has 0 radical (unpaired) electrons. The van der Waals surface area contributed by atoms with Gasteiger partial charge < -0.3 is 74.7 Å². The highest BCUT2D eigenvalue weighted by atomic mass is 32.3. The lowest BCUT2D eigenvalue weighted by molar-refractivity contribution is -0.398. The highest BCUT2D eigenvalue weighted by molar-refractivity contribution is 7.81. The molecule has 20 nitrogen and oxygen atoms in total. The van der Waals surface area contributed by atoms with Crippen molar-refractivity contribution in [3.63, 3.8) is 0 Å². The molecule has 39 heavy (non-hydrogen) atoms. The van der Waals surface area contributed by atoms with Gasteiger partial charge in [-0.1, -0.05) is 4.33 Å². The summed E-state index contributed by atoms with van der Waals surface area (Å²) in [5.41, 5.74) is 0. The Kier molecular flexibility index (Phi) is 10.9. The van der Waals surface area contributed by atoms with Crippen molar-refractivity contribution in [3.8, 4) is 0 Å². The highest BCUT2D eigenvalue weighted by Crippen LogP contribution is 2.40. The van der Waals surface area contributed by atoms with E-state index in [1.54, 1.807) is 0 Å². The standard InChI is InChI=1S/C18H32O20S/c19-1-5-8(23)11(26)13(28)16(32-5)34-15-10(25)7(3-21)35-18(15,4-22)36-17-14(37-39(30,31)38-29)12(27)9(24)6(2-20)33-17/h5-17,19-29H,1-4H2/t5-,6-,7-,8-,9-,10-,11+,12+,13-,14-,15+,16-,17-,18+/m1/s1. The summed E-state index contributed by atoms with van der Waals surface area (Å²) >= 11 is 0. The molecule has 0 aliphatic carbocycles. The zero-order valence-corrected chi connectivity index (χ0v) is 20.7. The summed E-state index contributed by atoms with van der Waals surface area (Å²) in [5, 5.41) is 109. The van der Waals surface area contributed by atoms with Crippen molar-refractivity contribution in [1.29, 1.82) is 0 Å². The van der Waals surface area contributed by atoms with Gasteiger partial charge in [0.2, 0.25) is 5.79 Å². The molecule has 0 spiro atoms. The minimum absolute atomic E-state index is 0.853. The van der Waals surface area contributed by atoms with Crippen molar-refractivity contribution >= 4 is 10.4 Å². The fraction of sp³-hybridized carbons (Fsp3) is 1.00. The molecule has 3 fully saturated rings. The second-order valence-corrected chi connectivity index (χ2v) is 10.1. The second kappa shape index (κ2) is 13.0. The lowest BCUT2D eigenvalue weighted by Crippen LogP contribution is -2.65.